The standard InChI is InChI=1S/C18H16N4O4S2/c1-21-14-11(15-16(21)20-18(27-15)28(2)24)8-19-22(17(14)23)9-10-3-4-12-13(7-10)26-6-5-25-12/h3-4,7-8H,5-6,9H2,1-2H3. The molecule has 0 spiro atoms. The highest BCUT2D eigenvalue weighted by molar-refractivity contribution is 7.86. The Bertz CT molecular complexity index is 1320. The van der Waals surface area contributed by atoms with Gasteiger partial charge in [0.2, 0.25) is 0 Å². The van der Waals surface area contributed by atoms with Gasteiger partial charge in [-0.2, -0.15) is 5.10 Å². The van der Waals surface area contributed by atoms with Gasteiger partial charge in [-0.1, -0.05) is 6.07 Å². The van der Waals surface area contributed by atoms with Crippen molar-refractivity contribution in [3.63, 3.8) is 0 Å². The van der Waals surface area contributed by atoms with Crippen LogP contribution in [0.25, 0.3) is 21.3 Å². The van der Waals surface area contributed by atoms with Crippen molar-refractivity contribution in [2.75, 3.05) is 19.5 Å². The molecule has 0 aliphatic carbocycles. The molecule has 10 heteroatoms. The highest BCUT2D eigenvalue weighted by atomic mass is 32.2. The molecule has 4 heterocycles. The first-order chi connectivity index (χ1) is 13.5. The minimum Gasteiger partial charge on any atom is -0.486 e. The molecule has 0 saturated carbocycles. The summed E-state index contributed by atoms with van der Waals surface area (Å²) in [6, 6.07) is 5.63. The fourth-order valence-electron chi connectivity index (χ4n) is 3.37. The van der Waals surface area contributed by atoms with Gasteiger partial charge in [-0.3, -0.25) is 9.00 Å². The summed E-state index contributed by atoms with van der Waals surface area (Å²) in [7, 11) is 0.634. The lowest BCUT2D eigenvalue weighted by Crippen LogP contribution is -2.24. The van der Waals surface area contributed by atoms with Crippen molar-refractivity contribution in [2.45, 2.75) is 10.9 Å². The van der Waals surface area contributed by atoms with Crippen molar-refractivity contribution in [1.82, 2.24) is 19.3 Å². The molecular formula is C18H16N4O4S2. The third-order valence-corrected chi connectivity index (χ3v) is 7.10. The number of fused-ring (bicyclic) bond motifs is 4. The van der Waals surface area contributed by atoms with Crippen LogP contribution >= 0.6 is 11.3 Å². The first kappa shape index (κ1) is 17.4. The zero-order valence-electron chi connectivity index (χ0n) is 15.2. The average molecular weight is 416 g/mol. The topological polar surface area (TPSA) is 88.2 Å². The number of thiazole rings is 1. The molecule has 8 nitrogen and oxygen atoms in total. The van der Waals surface area contributed by atoms with Crippen LogP contribution in [0.5, 0.6) is 11.5 Å². The van der Waals surface area contributed by atoms with Crippen LogP contribution in [0.3, 0.4) is 0 Å². The van der Waals surface area contributed by atoms with Crippen molar-refractivity contribution in [3.8, 4) is 11.5 Å². The van der Waals surface area contributed by atoms with Gasteiger partial charge in [0, 0.05) is 18.7 Å². The first-order valence-corrected chi connectivity index (χ1v) is 11.0. The van der Waals surface area contributed by atoms with Gasteiger partial charge in [0.05, 0.1) is 28.2 Å². The van der Waals surface area contributed by atoms with E-state index in [4.69, 9.17) is 9.47 Å². The van der Waals surface area contributed by atoms with Crippen molar-refractivity contribution < 1.29 is 13.7 Å². The summed E-state index contributed by atoms with van der Waals surface area (Å²) in [4.78, 5) is 17.5. The second kappa shape index (κ2) is 6.42. The van der Waals surface area contributed by atoms with E-state index in [9.17, 15) is 9.00 Å². The van der Waals surface area contributed by atoms with Crippen molar-refractivity contribution in [3.05, 3.63) is 40.3 Å². The quantitative estimate of drug-likeness (QED) is 0.507. The zero-order valence-corrected chi connectivity index (χ0v) is 16.8. The molecule has 5 rings (SSSR count). The van der Waals surface area contributed by atoms with Crippen molar-refractivity contribution in [1.29, 1.82) is 0 Å². The third-order valence-electron chi connectivity index (χ3n) is 4.69. The van der Waals surface area contributed by atoms with Crippen LogP contribution in [-0.2, 0) is 24.4 Å². The maximum Gasteiger partial charge on any atom is 0.291 e. The van der Waals surface area contributed by atoms with Crippen LogP contribution < -0.4 is 15.0 Å². The molecule has 1 aliphatic heterocycles. The van der Waals surface area contributed by atoms with Gasteiger partial charge in [0.15, 0.2) is 21.5 Å². The van der Waals surface area contributed by atoms with E-state index in [-0.39, 0.29) is 5.56 Å². The van der Waals surface area contributed by atoms with Gasteiger partial charge < -0.3 is 14.0 Å². The van der Waals surface area contributed by atoms with Gasteiger partial charge in [0.25, 0.3) is 5.56 Å². The molecule has 0 bridgehead atoms. The number of hydrogen-bond acceptors (Lipinski definition) is 7. The van der Waals surface area contributed by atoms with Crippen LogP contribution in [0, 0.1) is 0 Å². The Morgan fingerprint density at radius 2 is 2.04 bits per heavy atom. The predicted octanol–water partition coefficient (Wildman–Crippen LogP) is 1.90. The molecule has 0 fully saturated rings. The largest absolute Gasteiger partial charge is 0.486 e. The zero-order chi connectivity index (χ0) is 19.4. The number of aromatic nitrogens is 4. The minimum atomic E-state index is -1.16. The summed E-state index contributed by atoms with van der Waals surface area (Å²) in [6.07, 6.45) is 3.27. The van der Waals surface area contributed by atoms with E-state index in [0.717, 1.165) is 15.6 Å². The van der Waals surface area contributed by atoms with E-state index in [1.807, 2.05) is 18.2 Å². The van der Waals surface area contributed by atoms with E-state index < -0.39 is 10.8 Å². The van der Waals surface area contributed by atoms with Gasteiger partial charge in [-0.15, -0.1) is 11.3 Å². The lowest BCUT2D eigenvalue weighted by atomic mass is 10.2. The fourth-order valence-corrected chi connectivity index (χ4v) is 5.14. The number of benzene rings is 1. The highest BCUT2D eigenvalue weighted by Gasteiger charge is 2.19. The molecule has 3 aromatic heterocycles. The van der Waals surface area contributed by atoms with Crippen LogP contribution in [0.4, 0.5) is 0 Å². The van der Waals surface area contributed by atoms with E-state index >= 15 is 0 Å². The molecule has 0 N–H and O–H groups in total. The summed E-state index contributed by atoms with van der Waals surface area (Å²) in [5, 5.41) is 5.08. The molecule has 0 saturated heterocycles. The molecule has 1 unspecified atom stereocenters. The average Bonchev–Trinajstić information content (AvgIpc) is 3.24. The molecular weight excluding hydrogens is 400 g/mol. The molecule has 144 valence electrons. The molecule has 1 aliphatic rings. The molecule has 0 amide bonds. The smallest absolute Gasteiger partial charge is 0.291 e. The van der Waals surface area contributed by atoms with Gasteiger partial charge in [-0.05, 0) is 17.7 Å². The van der Waals surface area contributed by atoms with Crippen molar-refractivity contribution in [2.24, 2.45) is 7.05 Å². The number of rotatable bonds is 3. The van der Waals surface area contributed by atoms with Gasteiger partial charge in [-0.25, -0.2) is 9.67 Å². The monoisotopic (exact) mass is 416 g/mol. The fraction of sp³-hybridized carbons (Fsp3) is 0.278. The normalized spacial score (nSPS) is 14.6. The minimum absolute atomic E-state index is 0.195. The highest BCUT2D eigenvalue weighted by Crippen LogP contribution is 2.32. The van der Waals surface area contributed by atoms with Crippen molar-refractivity contribution >= 4 is 43.4 Å². The lowest BCUT2D eigenvalue weighted by Gasteiger charge is -2.18. The number of ether oxygens (including phenoxy) is 2. The molecule has 28 heavy (non-hydrogen) atoms. The Hall–Kier alpha value is -2.72. The Kier molecular flexibility index (Phi) is 3.98. The van der Waals surface area contributed by atoms with Crippen LogP contribution in [-0.4, -0.2) is 43.0 Å². The first-order valence-electron chi connectivity index (χ1n) is 8.60. The summed E-state index contributed by atoms with van der Waals surface area (Å²) < 4.78 is 27.4. The summed E-state index contributed by atoms with van der Waals surface area (Å²) >= 11 is 1.34. The SMILES string of the molecule is Cn1c2nc(S(C)=O)sc2c2cnn(Cc3ccc4c(c3)OCCO4)c(=O)c21. The Labute approximate surface area is 165 Å². The van der Waals surface area contributed by atoms with E-state index in [1.165, 1.54) is 16.0 Å². The second-order valence-corrected chi connectivity index (χ2v) is 9.05. The molecule has 1 atom stereocenters. The lowest BCUT2D eigenvalue weighted by molar-refractivity contribution is 0.171. The summed E-state index contributed by atoms with van der Waals surface area (Å²) in [5.74, 6) is 1.39. The van der Waals surface area contributed by atoms with Gasteiger partial charge >= 0.3 is 0 Å². The third kappa shape index (κ3) is 2.63. The summed E-state index contributed by atoms with van der Waals surface area (Å²) in [6.45, 7) is 1.37. The van der Waals surface area contributed by atoms with Gasteiger partial charge in [0.1, 0.15) is 18.7 Å². The van der Waals surface area contributed by atoms with E-state index in [2.05, 4.69) is 10.1 Å². The van der Waals surface area contributed by atoms with E-state index in [0.29, 0.717) is 46.8 Å². The summed E-state index contributed by atoms with van der Waals surface area (Å²) in [5.41, 5.74) is 1.89. The molecule has 0 radical (unpaired) electrons. The Balaban J connectivity index is 1.59. The number of hydrogen-bond donors (Lipinski definition) is 0. The van der Waals surface area contributed by atoms with Crippen LogP contribution in [0.2, 0.25) is 0 Å². The van der Waals surface area contributed by atoms with Crippen LogP contribution in [0.15, 0.2) is 33.5 Å². The molecule has 1 aromatic carbocycles. The predicted molar refractivity (Wildman–Crippen MR) is 107 cm³/mol. The number of aryl methyl sites for hydroxylation is 1. The Morgan fingerprint density at radius 3 is 2.82 bits per heavy atom. The van der Waals surface area contributed by atoms with E-state index in [1.54, 1.807) is 24.1 Å². The maximum atomic E-state index is 13.1. The van der Waals surface area contributed by atoms with Crippen LogP contribution in [0.1, 0.15) is 5.56 Å². The Morgan fingerprint density at radius 1 is 1.25 bits per heavy atom. The molecule has 4 aromatic rings. The number of nitrogens with zero attached hydrogens (tertiary/aromatic N) is 4. The second-order valence-electron chi connectivity index (χ2n) is 6.49. The maximum absolute atomic E-state index is 13.1.